The van der Waals surface area contributed by atoms with Crippen LogP contribution in [0.15, 0.2) is 64.9 Å². The summed E-state index contributed by atoms with van der Waals surface area (Å²) in [5.74, 6) is 0.774. The van der Waals surface area contributed by atoms with Crippen LogP contribution in [0.5, 0.6) is 0 Å². The van der Waals surface area contributed by atoms with E-state index in [0.29, 0.717) is 5.16 Å². The number of nitrogens with zero attached hydrogens (tertiary/aromatic N) is 5. The molecule has 7 nitrogen and oxygen atoms in total. The number of hydrogen-bond acceptors (Lipinski definition) is 6. The predicted molar refractivity (Wildman–Crippen MR) is 114 cm³/mol. The van der Waals surface area contributed by atoms with Crippen LogP contribution in [0.1, 0.15) is 5.56 Å². The fraction of sp³-hybridized carbons (Fsp3) is 0.200. The molecule has 0 aliphatic heterocycles. The van der Waals surface area contributed by atoms with Gasteiger partial charge in [0.25, 0.3) is 5.91 Å². The molecule has 0 atom stereocenters. The van der Waals surface area contributed by atoms with Crippen molar-refractivity contribution in [3.63, 3.8) is 0 Å². The molecule has 28 heavy (non-hydrogen) atoms. The van der Waals surface area contributed by atoms with Crippen molar-refractivity contribution in [1.29, 1.82) is 0 Å². The molecule has 0 unspecified atom stereocenters. The number of carbonyl (C=O) groups excluding carboxylic acids is 1. The number of thioether (sulfide) groups is 1. The fourth-order valence-corrected chi connectivity index (χ4v) is 3.18. The summed E-state index contributed by atoms with van der Waals surface area (Å²) in [6.07, 6.45) is 1.62. The smallest absolute Gasteiger partial charge is 0.250 e. The SMILES string of the molecule is CN(C)c1ccc(/C=N\NC(=O)CSc2nnc(-c3ccccc3)n2C)cc1. The minimum Gasteiger partial charge on any atom is -0.378 e. The Morgan fingerprint density at radius 1 is 1.14 bits per heavy atom. The molecule has 0 bridgehead atoms. The second-order valence-electron chi connectivity index (χ2n) is 6.30. The van der Waals surface area contributed by atoms with Gasteiger partial charge in [0, 0.05) is 32.4 Å². The van der Waals surface area contributed by atoms with Gasteiger partial charge in [-0.1, -0.05) is 54.2 Å². The largest absolute Gasteiger partial charge is 0.378 e. The summed E-state index contributed by atoms with van der Waals surface area (Å²) in [4.78, 5) is 14.1. The van der Waals surface area contributed by atoms with Gasteiger partial charge in [0.1, 0.15) is 0 Å². The molecule has 1 aromatic heterocycles. The number of hydrogen-bond donors (Lipinski definition) is 1. The van der Waals surface area contributed by atoms with Gasteiger partial charge < -0.3 is 9.47 Å². The first-order valence-electron chi connectivity index (χ1n) is 8.71. The van der Waals surface area contributed by atoms with Crippen LogP contribution in [0.2, 0.25) is 0 Å². The molecular weight excluding hydrogens is 372 g/mol. The Labute approximate surface area is 168 Å². The Kier molecular flexibility index (Phi) is 6.44. The first-order chi connectivity index (χ1) is 13.5. The van der Waals surface area contributed by atoms with Crippen molar-refractivity contribution in [2.75, 3.05) is 24.7 Å². The summed E-state index contributed by atoms with van der Waals surface area (Å²) in [6.45, 7) is 0. The van der Waals surface area contributed by atoms with Gasteiger partial charge in [0.15, 0.2) is 11.0 Å². The van der Waals surface area contributed by atoms with Crippen molar-refractivity contribution in [3.8, 4) is 11.4 Å². The third kappa shape index (κ3) is 4.98. The van der Waals surface area contributed by atoms with Gasteiger partial charge in [-0.3, -0.25) is 4.79 Å². The Morgan fingerprint density at radius 3 is 2.54 bits per heavy atom. The highest BCUT2D eigenvalue weighted by Crippen LogP contribution is 2.22. The van der Waals surface area contributed by atoms with E-state index in [2.05, 4.69) is 20.7 Å². The molecule has 3 rings (SSSR count). The van der Waals surface area contributed by atoms with E-state index >= 15 is 0 Å². The average molecular weight is 395 g/mol. The van der Waals surface area contributed by atoms with Gasteiger partial charge in [-0.05, 0) is 17.7 Å². The predicted octanol–water partition coefficient (Wildman–Crippen LogP) is 2.79. The number of benzene rings is 2. The van der Waals surface area contributed by atoms with E-state index in [0.717, 1.165) is 22.6 Å². The molecule has 0 saturated carbocycles. The molecular formula is C20H22N6OS. The minimum atomic E-state index is -0.199. The highest BCUT2D eigenvalue weighted by Gasteiger charge is 2.12. The molecule has 0 spiro atoms. The Morgan fingerprint density at radius 2 is 1.86 bits per heavy atom. The van der Waals surface area contributed by atoms with Crippen LogP contribution in [0.4, 0.5) is 5.69 Å². The van der Waals surface area contributed by atoms with E-state index in [1.165, 1.54) is 11.8 Å². The van der Waals surface area contributed by atoms with E-state index in [-0.39, 0.29) is 11.7 Å². The number of carbonyl (C=O) groups is 1. The van der Waals surface area contributed by atoms with Crippen LogP contribution >= 0.6 is 11.8 Å². The van der Waals surface area contributed by atoms with Crippen molar-refractivity contribution < 1.29 is 4.79 Å². The van der Waals surface area contributed by atoms with Crippen molar-refractivity contribution in [1.82, 2.24) is 20.2 Å². The first kappa shape index (κ1) is 19.6. The van der Waals surface area contributed by atoms with Gasteiger partial charge in [-0.15, -0.1) is 10.2 Å². The summed E-state index contributed by atoms with van der Waals surface area (Å²) in [5, 5.41) is 13.1. The van der Waals surface area contributed by atoms with Gasteiger partial charge in [-0.25, -0.2) is 5.43 Å². The first-order valence-corrected chi connectivity index (χ1v) is 9.70. The van der Waals surface area contributed by atoms with E-state index in [1.54, 1.807) is 6.21 Å². The second-order valence-corrected chi connectivity index (χ2v) is 7.24. The summed E-state index contributed by atoms with van der Waals surface area (Å²) in [6, 6.07) is 17.7. The van der Waals surface area contributed by atoms with E-state index in [1.807, 2.05) is 85.2 Å². The normalized spacial score (nSPS) is 11.0. The van der Waals surface area contributed by atoms with Crippen molar-refractivity contribution in [2.45, 2.75) is 5.16 Å². The summed E-state index contributed by atoms with van der Waals surface area (Å²) in [5.41, 5.74) is 5.55. The van der Waals surface area contributed by atoms with Gasteiger partial charge in [0.2, 0.25) is 0 Å². The van der Waals surface area contributed by atoms with Crippen molar-refractivity contribution >= 4 is 29.6 Å². The third-order valence-electron chi connectivity index (χ3n) is 4.01. The zero-order valence-electron chi connectivity index (χ0n) is 16.0. The molecule has 144 valence electrons. The fourth-order valence-electron chi connectivity index (χ4n) is 2.48. The van der Waals surface area contributed by atoms with Crippen LogP contribution in [0.3, 0.4) is 0 Å². The molecule has 0 saturated heterocycles. The van der Waals surface area contributed by atoms with Crippen LogP contribution < -0.4 is 10.3 Å². The molecule has 8 heteroatoms. The van der Waals surface area contributed by atoms with Gasteiger partial charge in [-0.2, -0.15) is 5.10 Å². The van der Waals surface area contributed by atoms with Crippen molar-refractivity contribution in [2.24, 2.45) is 12.1 Å². The van der Waals surface area contributed by atoms with Crippen LogP contribution in [0.25, 0.3) is 11.4 Å². The maximum absolute atomic E-state index is 12.0. The molecule has 1 heterocycles. The van der Waals surface area contributed by atoms with Crippen LogP contribution in [0, 0.1) is 0 Å². The lowest BCUT2D eigenvalue weighted by molar-refractivity contribution is -0.118. The number of amides is 1. The summed E-state index contributed by atoms with van der Waals surface area (Å²) in [7, 11) is 5.86. The lowest BCUT2D eigenvalue weighted by Crippen LogP contribution is -2.19. The maximum Gasteiger partial charge on any atom is 0.250 e. The number of anilines is 1. The Bertz CT molecular complexity index is 951. The number of rotatable bonds is 7. The molecule has 1 N–H and O–H groups in total. The monoisotopic (exact) mass is 394 g/mol. The summed E-state index contributed by atoms with van der Waals surface area (Å²) >= 11 is 1.32. The molecule has 1 amide bonds. The second kappa shape index (κ2) is 9.18. The Hall–Kier alpha value is -3.13. The zero-order valence-corrected chi connectivity index (χ0v) is 16.8. The molecule has 3 aromatic rings. The third-order valence-corrected chi connectivity index (χ3v) is 5.03. The van der Waals surface area contributed by atoms with Gasteiger partial charge >= 0.3 is 0 Å². The molecule has 0 fully saturated rings. The average Bonchev–Trinajstić information content (AvgIpc) is 3.08. The lowest BCUT2D eigenvalue weighted by atomic mass is 10.2. The zero-order chi connectivity index (χ0) is 19.9. The molecule has 0 aliphatic carbocycles. The quantitative estimate of drug-likeness (QED) is 0.379. The lowest BCUT2D eigenvalue weighted by Gasteiger charge is -2.11. The minimum absolute atomic E-state index is 0.199. The summed E-state index contributed by atoms with van der Waals surface area (Å²) < 4.78 is 1.88. The highest BCUT2D eigenvalue weighted by atomic mass is 32.2. The molecule has 2 aromatic carbocycles. The Balaban J connectivity index is 1.51. The number of nitrogens with one attached hydrogen (secondary N) is 1. The topological polar surface area (TPSA) is 75.4 Å². The van der Waals surface area contributed by atoms with E-state index in [4.69, 9.17) is 0 Å². The van der Waals surface area contributed by atoms with Crippen molar-refractivity contribution in [3.05, 3.63) is 60.2 Å². The van der Waals surface area contributed by atoms with Gasteiger partial charge in [0.05, 0.1) is 12.0 Å². The molecule has 0 aliphatic rings. The molecule has 0 radical (unpaired) electrons. The van der Waals surface area contributed by atoms with Crippen LogP contribution in [-0.4, -0.2) is 46.7 Å². The van der Waals surface area contributed by atoms with E-state index in [9.17, 15) is 4.79 Å². The maximum atomic E-state index is 12.0. The highest BCUT2D eigenvalue weighted by molar-refractivity contribution is 7.99. The number of aromatic nitrogens is 3. The van der Waals surface area contributed by atoms with Crippen LogP contribution in [-0.2, 0) is 11.8 Å². The number of hydrazone groups is 1. The van der Waals surface area contributed by atoms with E-state index < -0.39 is 0 Å². The standard InChI is InChI=1S/C20H22N6OS/c1-25(2)17-11-9-15(10-12-17)13-21-22-18(27)14-28-20-24-23-19(26(20)3)16-7-5-4-6-8-16/h4-13H,14H2,1-3H3,(H,22,27)/b21-13-.